The molecule has 0 atom stereocenters. The molecule has 0 spiro atoms. The van der Waals surface area contributed by atoms with E-state index in [0.717, 1.165) is 9.50 Å². The molecule has 1 aromatic rings. The van der Waals surface area contributed by atoms with Crippen LogP contribution in [0.5, 0.6) is 0 Å². The van der Waals surface area contributed by atoms with Crippen molar-refractivity contribution >= 4 is 33.7 Å². The fourth-order valence-corrected chi connectivity index (χ4v) is 2.62. The maximum atomic E-state index is 11.5. The average molecular weight is 304 g/mol. The number of pyridine rings is 1. The maximum Gasteiger partial charge on any atom is 0.312 e. The highest BCUT2D eigenvalue weighted by Crippen LogP contribution is 2.31. The highest BCUT2D eigenvalue weighted by atomic mass is 79.9. The lowest BCUT2D eigenvalue weighted by Gasteiger charge is -2.20. The molecule has 88 valence electrons. The Kier molecular flexibility index (Phi) is 4.80. The molecule has 0 fully saturated rings. The van der Waals surface area contributed by atoms with E-state index in [1.807, 2.05) is 26.0 Å². The van der Waals surface area contributed by atoms with Crippen molar-refractivity contribution in [2.24, 2.45) is 5.41 Å². The topological polar surface area (TPSA) is 39.2 Å². The molecule has 0 aliphatic rings. The van der Waals surface area contributed by atoms with Crippen molar-refractivity contribution in [2.45, 2.75) is 18.9 Å². The van der Waals surface area contributed by atoms with Crippen LogP contribution in [0.15, 0.2) is 27.8 Å². The molecule has 1 rings (SSSR count). The van der Waals surface area contributed by atoms with E-state index in [2.05, 4.69) is 20.9 Å². The fraction of sp³-hybridized carbons (Fsp3) is 0.455. The summed E-state index contributed by atoms with van der Waals surface area (Å²) in [6.45, 7) is 3.73. The van der Waals surface area contributed by atoms with Gasteiger partial charge < -0.3 is 4.74 Å². The number of aromatic nitrogens is 1. The zero-order valence-corrected chi connectivity index (χ0v) is 11.9. The summed E-state index contributed by atoms with van der Waals surface area (Å²) in [4.78, 5) is 15.7. The molecular weight excluding hydrogens is 290 g/mol. The SMILES string of the molecule is COC(=O)C(C)(C)CSc1ncccc1Br. The number of methoxy groups -OCH3 is 1. The molecule has 0 aliphatic heterocycles. The van der Waals surface area contributed by atoms with Crippen molar-refractivity contribution in [3.05, 3.63) is 22.8 Å². The Bertz CT molecular complexity index is 382. The highest BCUT2D eigenvalue weighted by Gasteiger charge is 2.29. The third-order valence-electron chi connectivity index (χ3n) is 2.03. The number of hydrogen-bond acceptors (Lipinski definition) is 4. The Morgan fingerprint density at radius 3 is 2.88 bits per heavy atom. The van der Waals surface area contributed by atoms with E-state index in [9.17, 15) is 4.79 Å². The van der Waals surface area contributed by atoms with Gasteiger partial charge in [-0.2, -0.15) is 0 Å². The first-order valence-corrected chi connectivity index (χ1v) is 6.57. The molecule has 1 aromatic heterocycles. The number of esters is 1. The van der Waals surface area contributed by atoms with E-state index in [1.54, 1.807) is 6.20 Å². The van der Waals surface area contributed by atoms with E-state index in [4.69, 9.17) is 4.74 Å². The van der Waals surface area contributed by atoms with Gasteiger partial charge in [0.1, 0.15) is 5.03 Å². The number of hydrogen-bond donors (Lipinski definition) is 0. The van der Waals surface area contributed by atoms with Gasteiger partial charge in [0.05, 0.1) is 12.5 Å². The van der Waals surface area contributed by atoms with Crippen LogP contribution in [-0.2, 0) is 9.53 Å². The Balaban J connectivity index is 2.65. The Morgan fingerprint density at radius 1 is 1.62 bits per heavy atom. The van der Waals surface area contributed by atoms with Gasteiger partial charge in [-0.15, -0.1) is 11.8 Å². The second kappa shape index (κ2) is 5.68. The van der Waals surface area contributed by atoms with Crippen LogP contribution in [0.4, 0.5) is 0 Å². The third kappa shape index (κ3) is 3.49. The van der Waals surface area contributed by atoms with Gasteiger partial charge in [-0.05, 0) is 41.9 Å². The van der Waals surface area contributed by atoms with Crippen molar-refractivity contribution in [1.82, 2.24) is 4.98 Å². The van der Waals surface area contributed by atoms with Crippen molar-refractivity contribution in [2.75, 3.05) is 12.9 Å². The smallest absolute Gasteiger partial charge is 0.312 e. The number of ether oxygens (including phenoxy) is 1. The van der Waals surface area contributed by atoms with Crippen molar-refractivity contribution < 1.29 is 9.53 Å². The second-order valence-corrected chi connectivity index (χ2v) is 5.77. The molecule has 1 heterocycles. The van der Waals surface area contributed by atoms with Gasteiger partial charge in [0.25, 0.3) is 0 Å². The lowest BCUT2D eigenvalue weighted by atomic mass is 9.97. The summed E-state index contributed by atoms with van der Waals surface area (Å²) in [5.74, 6) is 0.432. The normalized spacial score (nSPS) is 11.2. The zero-order valence-electron chi connectivity index (χ0n) is 9.49. The molecule has 0 amide bonds. The summed E-state index contributed by atoms with van der Waals surface area (Å²) in [7, 11) is 1.41. The quantitative estimate of drug-likeness (QED) is 0.633. The van der Waals surface area contributed by atoms with Gasteiger partial charge in [-0.25, -0.2) is 4.98 Å². The number of rotatable bonds is 4. The second-order valence-electron chi connectivity index (χ2n) is 3.95. The first kappa shape index (κ1) is 13.5. The molecule has 5 heteroatoms. The Hall–Kier alpha value is -0.550. The first-order chi connectivity index (χ1) is 7.47. The van der Waals surface area contributed by atoms with Gasteiger partial charge >= 0.3 is 5.97 Å². The van der Waals surface area contributed by atoms with E-state index < -0.39 is 5.41 Å². The zero-order chi connectivity index (χ0) is 12.2. The standard InChI is InChI=1S/C11H14BrNO2S/c1-11(2,10(14)15-3)7-16-9-8(12)5-4-6-13-9/h4-6H,7H2,1-3H3. The predicted octanol–water partition coefficient (Wildman–Crippen LogP) is 3.14. The third-order valence-corrected chi connectivity index (χ3v) is 4.40. The summed E-state index contributed by atoms with van der Waals surface area (Å²) < 4.78 is 5.69. The molecule has 0 bridgehead atoms. The fourth-order valence-electron chi connectivity index (χ4n) is 1.06. The van der Waals surface area contributed by atoms with Crippen LogP contribution in [0.3, 0.4) is 0 Å². The molecule has 0 radical (unpaired) electrons. The number of thioether (sulfide) groups is 1. The molecule has 16 heavy (non-hydrogen) atoms. The Labute approximate surface area is 108 Å². The summed E-state index contributed by atoms with van der Waals surface area (Å²) in [6.07, 6.45) is 1.73. The molecule has 0 saturated heterocycles. The van der Waals surface area contributed by atoms with Crippen LogP contribution in [0, 0.1) is 5.41 Å². The van der Waals surface area contributed by atoms with Crippen molar-refractivity contribution in [1.29, 1.82) is 0 Å². The van der Waals surface area contributed by atoms with E-state index in [-0.39, 0.29) is 5.97 Å². The van der Waals surface area contributed by atoms with E-state index >= 15 is 0 Å². The minimum atomic E-state index is -0.504. The molecule has 3 nitrogen and oxygen atoms in total. The lowest BCUT2D eigenvalue weighted by Crippen LogP contribution is -2.28. The Morgan fingerprint density at radius 2 is 2.31 bits per heavy atom. The minimum Gasteiger partial charge on any atom is -0.469 e. The maximum absolute atomic E-state index is 11.5. The van der Waals surface area contributed by atoms with Crippen LogP contribution >= 0.6 is 27.7 Å². The van der Waals surface area contributed by atoms with Gasteiger partial charge in [0, 0.05) is 16.4 Å². The molecular formula is C11H14BrNO2S. The van der Waals surface area contributed by atoms with Gasteiger partial charge in [-0.3, -0.25) is 4.79 Å². The lowest BCUT2D eigenvalue weighted by molar-refractivity contribution is -0.149. The molecule has 0 aliphatic carbocycles. The van der Waals surface area contributed by atoms with Crippen LogP contribution in [0.1, 0.15) is 13.8 Å². The summed E-state index contributed by atoms with van der Waals surface area (Å²) >= 11 is 4.96. The number of carbonyl (C=O) groups excluding carboxylic acids is 1. The van der Waals surface area contributed by atoms with Crippen molar-refractivity contribution in [3.63, 3.8) is 0 Å². The number of halogens is 1. The molecule has 0 aromatic carbocycles. The van der Waals surface area contributed by atoms with E-state index in [0.29, 0.717) is 5.75 Å². The molecule has 0 saturated carbocycles. The first-order valence-electron chi connectivity index (χ1n) is 4.79. The van der Waals surface area contributed by atoms with Gasteiger partial charge in [0.15, 0.2) is 0 Å². The summed E-state index contributed by atoms with van der Waals surface area (Å²) in [5, 5.41) is 0.888. The average Bonchev–Trinajstić information content (AvgIpc) is 2.27. The van der Waals surface area contributed by atoms with Crippen LogP contribution < -0.4 is 0 Å². The monoisotopic (exact) mass is 303 g/mol. The number of nitrogens with zero attached hydrogens (tertiary/aromatic N) is 1. The van der Waals surface area contributed by atoms with E-state index in [1.165, 1.54) is 18.9 Å². The minimum absolute atomic E-state index is 0.202. The van der Waals surface area contributed by atoms with Gasteiger partial charge in [0.2, 0.25) is 0 Å². The largest absolute Gasteiger partial charge is 0.469 e. The van der Waals surface area contributed by atoms with Crippen molar-refractivity contribution in [3.8, 4) is 0 Å². The number of carbonyl (C=O) groups is 1. The van der Waals surface area contributed by atoms with Crippen LogP contribution in [0.25, 0.3) is 0 Å². The molecule has 0 unspecified atom stereocenters. The van der Waals surface area contributed by atoms with Gasteiger partial charge in [-0.1, -0.05) is 0 Å². The summed E-state index contributed by atoms with van der Waals surface area (Å²) in [6, 6.07) is 3.79. The van der Waals surface area contributed by atoms with Crippen LogP contribution in [-0.4, -0.2) is 23.8 Å². The predicted molar refractivity (Wildman–Crippen MR) is 68.5 cm³/mol. The van der Waals surface area contributed by atoms with Crippen LogP contribution in [0.2, 0.25) is 0 Å². The molecule has 0 N–H and O–H groups in total. The summed E-state index contributed by atoms with van der Waals surface area (Å²) in [5.41, 5.74) is -0.504. The highest BCUT2D eigenvalue weighted by molar-refractivity contribution is 9.10.